The Labute approximate surface area is 133 Å². The second-order valence-corrected chi connectivity index (χ2v) is 8.92. The number of hydrogen-bond acceptors (Lipinski definition) is 1. The standard InChI is InChI=1S/C20H39N/c1-5-9-16-12-13-18(15-21-20(2,3)4)19(14-16)17-10-7-6-8-11-17/h16-19,21H,5-15H2,1-4H3. The van der Waals surface area contributed by atoms with Crippen molar-refractivity contribution in [3.63, 3.8) is 0 Å². The molecule has 0 spiro atoms. The molecular weight excluding hydrogens is 254 g/mol. The van der Waals surface area contributed by atoms with Gasteiger partial charge < -0.3 is 5.32 Å². The van der Waals surface area contributed by atoms with Crippen molar-refractivity contribution in [1.82, 2.24) is 5.32 Å². The zero-order valence-electron chi connectivity index (χ0n) is 15.1. The third-order valence-electron chi connectivity index (χ3n) is 6.00. The van der Waals surface area contributed by atoms with Gasteiger partial charge in [0.1, 0.15) is 0 Å². The highest BCUT2D eigenvalue weighted by Crippen LogP contribution is 2.44. The molecule has 0 aromatic heterocycles. The summed E-state index contributed by atoms with van der Waals surface area (Å²) in [5.41, 5.74) is 0.275. The second kappa shape index (κ2) is 7.99. The summed E-state index contributed by atoms with van der Waals surface area (Å²) in [6.07, 6.45) is 14.9. The first-order chi connectivity index (χ1) is 9.99. The molecule has 0 aliphatic heterocycles. The van der Waals surface area contributed by atoms with Gasteiger partial charge in [-0.15, -0.1) is 0 Å². The molecule has 0 aromatic carbocycles. The maximum atomic E-state index is 3.81. The van der Waals surface area contributed by atoms with E-state index in [0.29, 0.717) is 0 Å². The molecule has 0 radical (unpaired) electrons. The Kier molecular flexibility index (Phi) is 6.59. The maximum absolute atomic E-state index is 3.81. The van der Waals surface area contributed by atoms with Crippen molar-refractivity contribution in [3.8, 4) is 0 Å². The van der Waals surface area contributed by atoms with Crippen LogP contribution in [0.25, 0.3) is 0 Å². The number of hydrogen-bond donors (Lipinski definition) is 1. The van der Waals surface area contributed by atoms with Crippen molar-refractivity contribution in [1.29, 1.82) is 0 Å². The quantitative estimate of drug-likeness (QED) is 0.676. The molecule has 2 saturated carbocycles. The van der Waals surface area contributed by atoms with Gasteiger partial charge in [0, 0.05) is 5.54 Å². The van der Waals surface area contributed by atoms with E-state index in [9.17, 15) is 0 Å². The third-order valence-corrected chi connectivity index (χ3v) is 6.00. The summed E-state index contributed by atoms with van der Waals surface area (Å²) in [4.78, 5) is 0. The highest BCUT2D eigenvalue weighted by molar-refractivity contribution is 4.88. The van der Waals surface area contributed by atoms with Crippen LogP contribution in [0, 0.1) is 23.7 Å². The summed E-state index contributed by atoms with van der Waals surface area (Å²) < 4.78 is 0. The van der Waals surface area contributed by atoms with Crippen molar-refractivity contribution in [2.45, 2.75) is 97.4 Å². The molecule has 0 heterocycles. The van der Waals surface area contributed by atoms with E-state index in [0.717, 1.165) is 23.7 Å². The Morgan fingerprint density at radius 1 is 0.952 bits per heavy atom. The van der Waals surface area contributed by atoms with Gasteiger partial charge in [0.05, 0.1) is 0 Å². The van der Waals surface area contributed by atoms with Crippen LogP contribution in [0.4, 0.5) is 0 Å². The van der Waals surface area contributed by atoms with E-state index in [4.69, 9.17) is 0 Å². The van der Waals surface area contributed by atoms with Crippen LogP contribution in [0.2, 0.25) is 0 Å². The first kappa shape index (κ1) is 17.3. The largest absolute Gasteiger partial charge is 0.312 e. The van der Waals surface area contributed by atoms with Gasteiger partial charge >= 0.3 is 0 Å². The summed E-state index contributed by atoms with van der Waals surface area (Å²) in [5.74, 6) is 4.05. The molecule has 2 aliphatic rings. The fourth-order valence-electron chi connectivity index (χ4n) is 4.86. The van der Waals surface area contributed by atoms with E-state index in [1.54, 1.807) is 0 Å². The third kappa shape index (κ3) is 5.58. The van der Waals surface area contributed by atoms with Gasteiger partial charge in [-0.2, -0.15) is 0 Å². The van der Waals surface area contributed by atoms with Crippen molar-refractivity contribution in [3.05, 3.63) is 0 Å². The van der Waals surface area contributed by atoms with Gasteiger partial charge in [0.15, 0.2) is 0 Å². The van der Waals surface area contributed by atoms with Crippen molar-refractivity contribution < 1.29 is 0 Å². The van der Waals surface area contributed by atoms with Gasteiger partial charge in [-0.3, -0.25) is 0 Å². The highest BCUT2D eigenvalue weighted by atomic mass is 14.9. The van der Waals surface area contributed by atoms with Crippen LogP contribution < -0.4 is 5.32 Å². The average molecular weight is 294 g/mol. The van der Waals surface area contributed by atoms with E-state index >= 15 is 0 Å². The van der Waals surface area contributed by atoms with Crippen LogP contribution in [0.3, 0.4) is 0 Å². The molecule has 0 saturated heterocycles. The Balaban J connectivity index is 1.95. The van der Waals surface area contributed by atoms with E-state index in [1.807, 2.05) is 0 Å². The molecule has 0 bridgehead atoms. The summed E-state index contributed by atoms with van der Waals surface area (Å²) >= 11 is 0. The minimum absolute atomic E-state index is 0.275. The monoisotopic (exact) mass is 293 g/mol. The molecule has 2 fully saturated rings. The molecule has 1 heteroatoms. The molecule has 1 nitrogen and oxygen atoms in total. The first-order valence-corrected chi connectivity index (χ1v) is 9.74. The predicted octanol–water partition coefficient (Wildman–Crippen LogP) is 5.79. The van der Waals surface area contributed by atoms with Crippen molar-refractivity contribution >= 4 is 0 Å². The lowest BCUT2D eigenvalue weighted by Crippen LogP contribution is -2.43. The maximum Gasteiger partial charge on any atom is 0.00966 e. The summed E-state index contributed by atoms with van der Waals surface area (Å²) in [5, 5.41) is 3.81. The van der Waals surface area contributed by atoms with Crippen LogP contribution in [-0.2, 0) is 0 Å². The fraction of sp³-hybridized carbons (Fsp3) is 1.00. The normalized spacial score (nSPS) is 32.3. The second-order valence-electron chi connectivity index (χ2n) is 8.92. The van der Waals surface area contributed by atoms with E-state index in [1.165, 1.54) is 70.8 Å². The molecular formula is C20H39N. The lowest BCUT2D eigenvalue weighted by atomic mass is 9.64. The van der Waals surface area contributed by atoms with Crippen LogP contribution in [0.1, 0.15) is 91.9 Å². The number of nitrogens with one attached hydrogen (secondary N) is 1. The lowest BCUT2D eigenvalue weighted by Gasteiger charge is -2.43. The zero-order valence-corrected chi connectivity index (χ0v) is 15.1. The van der Waals surface area contributed by atoms with Gasteiger partial charge in [-0.25, -0.2) is 0 Å². The molecule has 0 amide bonds. The fourth-order valence-corrected chi connectivity index (χ4v) is 4.86. The van der Waals surface area contributed by atoms with Crippen molar-refractivity contribution in [2.24, 2.45) is 23.7 Å². The minimum Gasteiger partial charge on any atom is -0.312 e. The topological polar surface area (TPSA) is 12.0 Å². The van der Waals surface area contributed by atoms with Gasteiger partial charge in [0.25, 0.3) is 0 Å². The average Bonchev–Trinajstić information content (AvgIpc) is 2.46. The van der Waals surface area contributed by atoms with E-state index in [2.05, 4.69) is 33.0 Å². The van der Waals surface area contributed by atoms with E-state index < -0.39 is 0 Å². The molecule has 2 aliphatic carbocycles. The van der Waals surface area contributed by atoms with E-state index in [-0.39, 0.29) is 5.54 Å². The Morgan fingerprint density at radius 3 is 2.29 bits per heavy atom. The van der Waals surface area contributed by atoms with Crippen LogP contribution in [0.5, 0.6) is 0 Å². The van der Waals surface area contributed by atoms with Crippen LogP contribution in [-0.4, -0.2) is 12.1 Å². The SMILES string of the molecule is CCCC1CCC(CNC(C)(C)C)C(C2CCCCC2)C1. The smallest absolute Gasteiger partial charge is 0.00966 e. The Morgan fingerprint density at radius 2 is 1.67 bits per heavy atom. The Hall–Kier alpha value is -0.0400. The molecule has 1 N–H and O–H groups in total. The van der Waals surface area contributed by atoms with Gasteiger partial charge in [0.2, 0.25) is 0 Å². The Bertz CT molecular complexity index is 285. The molecule has 21 heavy (non-hydrogen) atoms. The molecule has 3 unspecified atom stereocenters. The summed E-state index contributed by atoms with van der Waals surface area (Å²) in [6, 6.07) is 0. The first-order valence-electron chi connectivity index (χ1n) is 9.74. The lowest BCUT2D eigenvalue weighted by molar-refractivity contribution is 0.0876. The molecule has 3 atom stereocenters. The predicted molar refractivity (Wildman–Crippen MR) is 93.6 cm³/mol. The number of rotatable bonds is 5. The van der Waals surface area contributed by atoms with Gasteiger partial charge in [-0.1, -0.05) is 58.3 Å². The van der Waals surface area contributed by atoms with Crippen molar-refractivity contribution in [2.75, 3.05) is 6.54 Å². The zero-order chi connectivity index (χ0) is 15.3. The van der Waals surface area contributed by atoms with Crippen LogP contribution in [0.15, 0.2) is 0 Å². The molecule has 0 aromatic rings. The summed E-state index contributed by atoms with van der Waals surface area (Å²) in [7, 11) is 0. The highest BCUT2D eigenvalue weighted by Gasteiger charge is 2.35. The van der Waals surface area contributed by atoms with Gasteiger partial charge in [-0.05, 0) is 63.8 Å². The minimum atomic E-state index is 0.275. The van der Waals surface area contributed by atoms with Crippen LogP contribution >= 0.6 is 0 Å². The molecule has 2 rings (SSSR count). The molecule has 124 valence electrons. The summed E-state index contributed by atoms with van der Waals surface area (Å²) in [6.45, 7) is 10.5.